The van der Waals surface area contributed by atoms with Gasteiger partial charge in [0.05, 0.1) is 13.3 Å². The molecule has 80 valence electrons. The standard InChI is InChI=1S/C8H17N5O/c1-4-9-7-6-13(14-3)12-8(11-7)10-5-2/h6,9H,4-5H2,1-3H3,(H2,10,11,12). The predicted octanol–water partition coefficient (Wildman–Crippen LogP) is -0.258. The number of hydrazine groups is 1. The molecule has 0 aromatic rings. The summed E-state index contributed by atoms with van der Waals surface area (Å²) in [5.41, 5.74) is 2.93. The summed E-state index contributed by atoms with van der Waals surface area (Å²) in [5, 5.41) is 7.67. The van der Waals surface area contributed by atoms with E-state index >= 15 is 0 Å². The highest BCUT2D eigenvalue weighted by molar-refractivity contribution is 5.80. The number of guanidine groups is 1. The van der Waals surface area contributed by atoms with Gasteiger partial charge in [0.15, 0.2) is 5.82 Å². The van der Waals surface area contributed by atoms with E-state index in [1.165, 1.54) is 5.17 Å². The Bertz CT molecular complexity index is 238. The van der Waals surface area contributed by atoms with Crippen molar-refractivity contribution in [1.29, 1.82) is 0 Å². The highest BCUT2D eigenvalue weighted by Gasteiger charge is 2.10. The summed E-state index contributed by atoms with van der Waals surface area (Å²) in [6.45, 7) is 5.66. The fraction of sp³-hybridized carbons (Fsp3) is 0.625. The summed E-state index contributed by atoms with van der Waals surface area (Å²) < 4.78 is 0. The van der Waals surface area contributed by atoms with E-state index in [1.807, 2.05) is 13.8 Å². The molecule has 0 atom stereocenters. The van der Waals surface area contributed by atoms with Gasteiger partial charge in [-0.05, 0) is 13.8 Å². The maximum atomic E-state index is 5.03. The zero-order valence-corrected chi connectivity index (χ0v) is 8.79. The number of rotatable bonds is 4. The van der Waals surface area contributed by atoms with E-state index in [2.05, 4.69) is 21.1 Å². The average Bonchev–Trinajstić information content (AvgIpc) is 2.18. The summed E-state index contributed by atoms with van der Waals surface area (Å²) in [7, 11) is 1.59. The Morgan fingerprint density at radius 1 is 1.43 bits per heavy atom. The largest absolute Gasteiger partial charge is 0.369 e. The molecule has 0 saturated heterocycles. The number of hydrogen-bond acceptors (Lipinski definition) is 6. The van der Waals surface area contributed by atoms with Gasteiger partial charge >= 0.3 is 0 Å². The quantitative estimate of drug-likeness (QED) is 0.582. The van der Waals surface area contributed by atoms with Crippen molar-refractivity contribution in [2.24, 2.45) is 4.99 Å². The van der Waals surface area contributed by atoms with Gasteiger partial charge in [-0.15, -0.1) is 0 Å². The lowest BCUT2D eigenvalue weighted by Gasteiger charge is -2.25. The van der Waals surface area contributed by atoms with Crippen LogP contribution in [0.4, 0.5) is 0 Å². The first kappa shape index (κ1) is 10.6. The molecule has 0 bridgehead atoms. The van der Waals surface area contributed by atoms with Gasteiger partial charge in [0, 0.05) is 13.1 Å². The molecule has 0 aromatic carbocycles. The van der Waals surface area contributed by atoms with Gasteiger partial charge in [-0.2, -0.15) is 10.2 Å². The maximum Gasteiger partial charge on any atom is 0.219 e. The lowest BCUT2D eigenvalue weighted by Crippen LogP contribution is -2.48. The van der Waals surface area contributed by atoms with E-state index in [-0.39, 0.29) is 0 Å². The Hall–Kier alpha value is -1.43. The molecule has 1 aliphatic rings. The van der Waals surface area contributed by atoms with Crippen molar-refractivity contribution >= 4 is 5.96 Å². The average molecular weight is 199 g/mol. The van der Waals surface area contributed by atoms with Crippen LogP contribution < -0.4 is 16.1 Å². The molecular formula is C8H17N5O. The SMILES string of the molecule is CCNC1=CN(OC)NC(NCC)=N1. The van der Waals surface area contributed by atoms with Crippen LogP contribution in [-0.4, -0.2) is 31.3 Å². The minimum atomic E-state index is 0.674. The predicted molar refractivity (Wildman–Crippen MR) is 54.9 cm³/mol. The smallest absolute Gasteiger partial charge is 0.219 e. The third-order valence-electron chi connectivity index (χ3n) is 1.59. The molecular weight excluding hydrogens is 182 g/mol. The van der Waals surface area contributed by atoms with Gasteiger partial charge in [0.1, 0.15) is 0 Å². The third-order valence-corrected chi connectivity index (χ3v) is 1.59. The lowest BCUT2D eigenvalue weighted by molar-refractivity contribution is -0.115. The molecule has 14 heavy (non-hydrogen) atoms. The van der Waals surface area contributed by atoms with Gasteiger partial charge in [-0.3, -0.25) is 4.84 Å². The summed E-state index contributed by atoms with van der Waals surface area (Å²) in [6, 6.07) is 0. The van der Waals surface area contributed by atoms with Crippen LogP contribution in [0.1, 0.15) is 13.8 Å². The van der Waals surface area contributed by atoms with Crippen LogP contribution in [-0.2, 0) is 4.84 Å². The van der Waals surface area contributed by atoms with Crippen LogP contribution in [0.5, 0.6) is 0 Å². The van der Waals surface area contributed by atoms with Gasteiger partial charge in [-0.25, -0.2) is 5.43 Å². The van der Waals surface area contributed by atoms with Crippen LogP contribution in [0.15, 0.2) is 17.0 Å². The third kappa shape index (κ3) is 2.81. The maximum absolute atomic E-state index is 5.03. The Morgan fingerprint density at radius 3 is 2.71 bits per heavy atom. The summed E-state index contributed by atoms with van der Waals surface area (Å²) >= 11 is 0. The van der Waals surface area contributed by atoms with Crippen LogP contribution in [0, 0.1) is 0 Å². The second-order valence-electron chi connectivity index (χ2n) is 2.66. The fourth-order valence-corrected chi connectivity index (χ4v) is 1.03. The Kier molecular flexibility index (Phi) is 4.06. The van der Waals surface area contributed by atoms with E-state index in [1.54, 1.807) is 13.3 Å². The van der Waals surface area contributed by atoms with Crippen LogP contribution in [0.3, 0.4) is 0 Å². The normalized spacial score (nSPS) is 15.5. The van der Waals surface area contributed by atoms with Gasteiger partial charge in [0.25, 0.3) is 0 Å². The van der Waals surface area contributed by atoms with E-state index in [9.17, 15) is 0 Å². The Balaban J connectivity index is 2.65. The monoisotopic (exact) mass is 199 g/mol. The molecule has 1 aliphatic heterocycles. The first-order valence-corrected chi connectivity index (χ1v) is 4.68. The molecule has 0 aromatic heterocycles. The molecule has 0 amide bonds. The fourth-order valence-electron chi connectivity index (χ4n) is 1.03. The Labute approximate surface area is 83.9 Å². The topological polar surface area (TPSA) is 60.9 Å². The van der Waals surface area contributed by atoms with E-state index in [0.717, 1.165) is 18.9 Å². The van der Waals surface area contributed by atoms with Crippen molar-refractivity contribution in [2.45, 2.75) is 13.8 Å². The Morgan fingerprint density at radius 2 is 2.14 bits per heavy atom. The van der Waals surface area contributed by atoms with Crippen LogP contribution in [0.2, 0.25) is 0 Å². The highest BCUT2D eigenvalue weighted by atomic mass is 16.7. The van der Waals surface area contributed by atoms with Crippen molar-refractivity contribution in [3.8, 4) is 0 Å². The molecule has 1 rings (SSSR count). The molecule has 0 radical (unpaired) electrons. The molecule has 0 saturated carbocycles. The number of aliphatic imine (C=N–C) groups is 1. The number of hydroxylamine groups is 1. The van der Waals surface area contributed by atoms with Crippen LogP contribution in [0.25, 0.3) is 0 Å². The molecule has 6 heteroatoms. The van der Waals surface area contributed by atoms with E-state index in [4.69, 9.17) is 4.84 Å². The van der Waals surface area contributed by atoms with E-state index < -0.39 is 0 Å². The van der Waals surface area contributed by atoms with E-state index in [0.29, 0.717) is 5.96 Å². The number of nitrogens with one attached hydrogen (secondary N) is 3. The first-order valence-electron chi connectivity index (χ1n) is 4.68. The second-order valence-corrected chi connectivity index (χ2v) is 2.66. The van der Waals surface area contributed by atoms with Crippen molar-refractivity contribution in [2.75, 3.05) is 20.2 Å². The minimum absolute atomic E-state index is 0.674. The molecule has 0 fully saturated rings. The molecule has 6 nitrogen and oxygen atoms in total. The van der Waals surface area contributed by atoms with Crippen LogP contribution >= 0.6 is 0 Å². The van der Waals surface area contributed by atoms with Gasteiger partial charge < -0.3 is 10.6 Å². The summed E-state index contributed by atoms with van der Waals surface area (Å²) in [4.78, 5) is 9.31. The van der Waals surface area contributed by atoms with Crippen molar-refractivity contribution in [3.05, 3.63) is 12.0 Å². The zero-order valence-electron chi connectivity index (χ0n) is 8.79. The molecule has 0 spiro atoms. The number of hydrogen-bond donors (Lipinski definition) is 3. The lowest BCUT2D eigenvalue weighted by atomic mass is 10.6. The molecule has 0 aliphatic carbocycles. The highest BCUT2D eigenvalue weighted by Crippen LogP contribution is 2.00. The van der Waals surface area contributed by atoms with Gasteiger partial charge in [0.2, 0.25) is 5.96 Å². The molecule has 3 N–H and O–H groups in total. The minimum Gasteiger partial charge on any atom is -0.369 e. The van der Waals surface area contributed by atoms with Crippen molar-refractivity contribution in [3.63, 3.8) is 0 Å². The van der Waals surface area contributed by atoms with Gasteiger partial charge in [-0.1, -0.05) is 0 Å². The zero-order chi connectivity index (χ0) is 10.4. The summed E-state index contributed by atoms with van der Waals surface area (Å²) in [5.74, 6) is 1.44. The van der Waals surface area contributed by atoms with Crippen molar-refractivity contribution in [1.82, 2.24) is 21.2 Å². The second kappa shape index (κ2) is 5.33. The van der Waals surface area contributed by atoms with Crippen molar-refractivity contribution < 1.29 is 4.84 Å². The summed E-state index contributed by atoms with van der Waals surface area (Å²) in [6.07, 6.45) is 1.74. The molecule has 1 heterocycles. The number of nitrogens with zero attached hydrogens (tertiary/aromatic N) is 2. The first-order chi connectivity index (χ1) is 6.80. The molecule has 0 unspecified atom stereocenters.